The minimum Gasteiger partial charge on any atom is -0.494 e. The minimum absolute atomic E-state index is 0.0267. The number of nitrogens with zero attached hydrogens (tertiary/aromatic N) is 4. The van der Waals surface area contributed by atoms with Gasteiger partial charge in [-0.05, 0) is 62.3 Å². The number of carbonyl (C=O) groups is 3. The van der Waals surface area contributed by atoms with Gasteiger partial charge in [0.15, 0.2) is 5.69 Å². The Bertz CT molecular complexity index is 1260. The first-order valence-corrected chi connectivity index (χ1v) is 12.3. The van der Waals surface area contributed by atoms with E-state index < -0.39 is 0 Å². The summed E-state index contributed by atoms with van der Waals surface area (Å²) in [6.45, 7) is 4.03. The van der Waals surface area contributed by atoms with E-state index in [1.807, 2.05) is 36.4 Å². The Kier molecular flexibility index (Phi) is 8.76. The van der Waals surface area contributed by atoms with Crippen LogP contribution >= 0.6 is 11.6 Å². The van der Waals surface area contributed by atoms with E-state index in [2.05, 4.69) is 15.3 Å². The molecule has 2 N–H and O–H groups in total. The lowest BCUT2D eigenvalue weighted by molar-refractivity contribution is -0.123. The van der Waals surface area contributed by atoms with Gasteiger partial charge in [-0.15, -0.1) is 0 Å². The largest absolute Gasteiger partial charge is 0.494 e. The van der Waals surface area contributed by atoms with Crippen LogP contribution in [0, 0.1) is 0 Å². The van der Waals surface area contributed by atoms with Crippen LogP contribution in [0.1, 0.15) is 23.3 Å². The molecule has 2 saturated heterocycles. The molecule has 0 atom stereocenters. The van der Waals surface area contributed by atoms with Crippen molar-refractivity contribution in [3.63, 3.8) is 0 Å². The molecule has 0 saturated carbocycles. The Balaban J connectivity index is 0.00000102. The maximum absolute atomic E-state index is 13.0. The van der Waals surface area contributed by atoms with E-state index in [1.54, 1.807) is 22.9 Å². The number of rotatable bonds is 8. The van der Waals surface area contributed by atoms with E-state index in [4.69, 9.17) is 26.2 Å². The highest BCUT2D eigenvalue weighted by molar-refractivity contribution is 6.30. The number of amides is 2. The Morgan fingerprint density at radius 2 is 1.95 bits per heavy atom. The number of likely N-dealkylation sites (tertiary alicyclic amines) is 1. The third kappa shape index (κ3) is 6.66. The third-order valence-corrected chi connectivity index (χ3v) is 6.27. The van der Waals surface area contributed by atoms with E-state index in [9.17, 15) is 9.59 Å². The summed E-state index contributed by atoms with van der Waals surface area (Å²) in [6.07, 6.45) is 2.27. The number of aromatic nitrogens is 2. The summed E-state index contributed by atoms with van der Waals surface area (Å²) >= 11 is 6.23. The highest BCUT2D eigenvalue weighted by Gasteiger charge is 2.27. The lowest BCUT2D eigenvalue weighted by Crippen LogP contribution is -2.38. The highest BCUT2D eigenvalue weighted by atomic mass is 35.5. The molecule has 2 aromatic carbocycles. The zero-order valence-electron chi connectivity index (χ0n) is 20.2. The molecular weight excluding hydrogens is 498 g/mol. The maximum atomic E-state index is 13.0. The van der Waals surface area contributed by atoms with Crippen molar-refractivity contribution in [2.75, 3.05) is 39.5 Å². The van der Waals surface area contributed by atoms with Gasteiger partial charge in [-0.2, -0.15) is 5.10 Å². The average molecular weight is 526 g/mol. The van der Waals surface area contributed by atoms with Gasteiger partial charge in [-0.3, -0.25) is 14.4 Å². The van der Waals surface area contributed by atoms with Crippen molar-refractivity contribution in [2.24, 2.45) is 0 Å². The first-order chi connectivity index (χ1) is 18.0. The van der Waals surface area contributed by atoms with E-state index >= 15 is 0 Å². The second-order valence-electron chi connectivity index (χ2n) is 8.60. The molecule has 0 aliphatic carbocycles. The second-order valence-corrected chi connectivity index (χ2v) is 9.03. The molecule has 194 valence electrons. The van der Waals surface area contributed by atoms with Gasteiger partial charge in [0, 0.05) is 17.1 Å². The van der Waals surface area contributed by atoms with Crippen molar-refractivity contribution in [3.05, 3.63) is 65.3 Å². The fourth-order valence-electron chi connectivity index (χ4n) is 4.10. The van der Waals surface area contributed by atoms with Gasteiger partial charge in [0.1, 0.15) is 12.3 Å². The van der Waals surface area contributed by atoms with Gasteiger partial charge in [0.25, 0.3) is 12.4 Å². The number of halogens is 1. The molecule has 10 nitrogen and oxygen atoms in total. The van der Waals surface area contributed by atoms with Crippen LogP contribution in [0.2, 0.25) is 5.02 Å². The van der Waals surface area contributed by atoms with Gasteiger partial charge in [0.05, 0.1) is 24.7 Å². The van der Waals surface area contributed by atoms with Crippen LogP contribution in [0.3, 0.4) is 0 Å². The highest BCUT2D eigenvalue weighted by Crippen LogP contribution is 2.29. The van der Waals surface area contributed by atoms with Crippen molar-refractivity contribution in [2.45, 2.75) is 12.8 Å². The number of carbonyl (C=O) groups excluding carboxylic acids is 2. The molecule has 3 heterocycles. The molecule has 2 amide bonds. The molecule has 0 spiro atoms. The first-order valence-electron chi connectivity index (χ1n) is 11.9. The number of hydrogen-bond acceptors (Lipinski definition) is 6. The second kappa shape index (κ2) is 12.4. The van der Waals surface area contributed by atoms with Crippen LogP contribution in [0.15, 0.2) is 54.6 Å². The van der Waals surface area contributed by atoms with Crippen molar-refractivity contribution < 1.29 is 24.2 Å². The van der Waals surface area contributed by atoms with E-state index in [-0.39, 0.29) is 37.2 Å². The molecular formula is C26H28ClN5O5. The molecule has 2 aliphatic heterocycles. The summed E-state index contributed by atoms with van der Waals surface area (Å²) in [4.78, 5) is 36.8. The summed E-state index contributed by atoms with van der Waals surface area (Å²) in [5.41, 5.74) is 2.59. The van der Waals surface area contributed by atoms with E-state index in [0.717, 1.165) is 35.7 Å². The van der Waals surface area contributed by atoms with Crippen molar-refractivity contribution in [1.82, 2.24) is 24.9 Å². The molecule has 2 fully saturated rings. The van der Waals surface area contributed by atoms with Crippen LogP contribution in [0.5, 0.6) is 5.75 Å². The first kappa shape index (κ1) is 26.2. The van der Waals surface area contributed by atoms with Gasteiger partial charge >= 0.3 is 0 Å². The van der Waals surface area contributed by atoms with E-state index in [0.29, 0.717) is 11.6 Å². The molecule has 0 unspecified atom stereocenters. The van der Waals surface area contributed by atoms with E-state index in [1.165, 1.54) is 24.4 Å². The topological polar surface area (TPSA) is 117 Å². The van der Waals surface area contributed by atoms with Crippen molar-refractivity contribution >= 4 is 29.9 Å². The van der Waals surface area contributed by atoms with Gasteiger partial charge in [-0.1, -0.05) is 29.8 Å². The minimum atomic E-state index is -0.307. The van der Waals surface area contributed by atoms with Gasteiger partial charge < -0.3 is 25.0 Å². The number of benzene rings is 2. The Morgan fingerprint density at radius 3 is 2.62 bits per heavy atom. The normalized spacial score (nSPS) is 14.8. The molecule has 2 aliphatic rings. The Labute approximate surface area is 219 Å². The van der Waals surface area contributed by atoms with Gasteiger partial charge in [-0.25, -0.2) is 4.68 Å². The molecule has 11 heteroatoms. The predicted octanol–water partition coefficient (Wildman–Crippen LogP) is 2.90. The zero-order valence-corrected chi connectivity index (χ0v) is 20.9. The lowest BCUT2D eigenvalue weighted by atomic mass is 10.1. The number of hydrogen-bond donors (Lipinski definition) is 2. The van der Waals surface area contributed by atoms with Crippen molar-refractivity contribution in [1.29, 1.82) is 0 Å². The molecule has 0 radical (unpaired) electrons. The molecule has 0 bridgehead atoms. The summed E-state index contributed by atoms with van der Waals surface area (Å²) in [6, 6.07) is 16.8. The SMILES string of the molecule is O=C1CN(C(=O)c2cc(-c3cccc(OCCCN4CCC4)c3)n(-c3cccc(Cl)c3)n2)CN1.O=CO. The standard InChI is InChI=1S/C25H26ClN5O3.CH2O2/c26-19-6-2-7-20(14-19)31-23(15-22(28-31)25(33)30-16-24(32)27-17-30)18-5-1-8-21(13-18)34-12-4-11-29-9-3-10-29;2-1-3/h1-2,5-8,13-15H,3-4,9-12,16-17H2,(H,27,32);1H,(H,2,3). The molecule has 3 aromatic rings. The van der Waals surface area contributed by atoms with Crippen molar-refractivity contribution in [3.8, 4) is 22.7 Å². The predicted molar refractivity (Wildman–Crippen MR) is 138 cm³/mol. The Morgan fingerprint density at radius 1 is 1.16 bits per heavy atom. The van der Waals surface area contributed by atoms with Crippen LogP contribution < -0.4 is 10.1 Å². The van der Waals surface area contributed by atoms with Gasteiger partial charge in [0.2, 0.25) is 5.91 Å². The number of carboxylic acid groups (broad SMARTS) is 1. The van der Waals surface area contributed by atoms with Crippen LogP contribution in [0.25, 0.3) is 16.9 Å². The molecule has 1 aromatic heterocycles. The monoisotopic (exact) mass is 525 g/mol. The fraction of sp³-hybridized carbons (Fsp3) is 0.308. The maximum Gasteiger partial charge on any atom is 0.290 e. The smallest absolute Gasteiger partial charge is 0.290 e. The van der Waals surface area contributed by atoms with Crippen LogP contribution in [-0.2, 0) is 9.59 Å². The summed E-state index contributed by atoms with van der Waals surface area (Å²) in [5.74, 6) is 0.280. The zero-order chi connectivity index (χ0) is 26.2. The summed E-state index contributed by atoms with van der Waals surface area (Å²) < 4.78 is 7.70. The molecule has 5 rings (SSSR count). The quantitative estimate of drug-likeness (QED) is 0.343. The average Bonchev–Trinajstić information content (AvgIpc) is 3.50. The number of nitrogens with one attached hydrogen (secondary N) is 1. The summed E-state index contributed by atoms with van der Waals surface area (Å²) in [7, 11) is 0. The number of ether oxygens (including phenoxy) is 1. The van der Waals surface area contributed by atoms with Crippen LogP contribution in [-0.4, -0.2) is 82.4 Å². The lowest BCUT2D eigenvalue weighted by Gasteiger charge is -2.30. The Hall–Kier alpha value is -3.89. The fourth-order valence-corrected chi connectivity index (χ4v) is 4.28. The summed E-state index contributed by atoms with van der Waals surface area (Å²) in [5, 5.41) is 14.7. The van der Waals surface area contributed by atoms with Crippen LogP contribution in [0.4, 0.5) is 0 Å². The molecule has 37 heavy (non-hydrogen) atoms. The third-order valence-electron chi connectivity index (χ3n) is 6.04.